The van der Waals surface area contributed by atoms with Crippen LogP contribution in [0.2, 0.25) is 0 Å². The maximum absolute atomic E-state index is 12.1. The fraction of sp³-hybridized carbons (Fsp3) is 0.333. The molecule has 3 rings (SSSR count). The van der Waals surface area contributed by atoms with Crippen LogP contribution in [0.25, 0.3) is 6.08 Å². The van der Waals surface area contributed by atoms with Crippen LogP contribution in [-0.2, 0) is 27.3 Å². The van der Waals surface area contributed by atoms with E-state index in [-0.39, 0.29) is 19.3 Å². The van der Waals surface area contributed by atoms with Gasteiger partial charge in [0.2, 0.25) is 0 Å². The fourth-order valence-corrected chi connectivity index (χ4v) is 3.30. The molecular formula is C24H27NO6. The number of benzene rings is 2. The quantitative estimate of drug-likeness (QED) is 0.490. The highest BCUT2D eigenvalue weighted by Gasteiger charge is 2.21. The number of para-hydroxylation sites is 1. The van der Waals surface area contributed by atoms with E-state index in [0.29, 0.717) is 23.7 Å². The minimum atomic E-state index is -0.621. The summed E-state index contributed by atoms with van der Waals surface area (Å²) in [6.45, 7) is 4.32. The summed E-state index contributed by atoms with van der Waals surface area (Å²) in [6, 6.07) is 11.2. The van der Waals surface area contributed by atoms with Gasteiger partial charge in [0.15, 0.2) is 6.61 Å². The average Bonchev–Trinajstić information content (AvgIpc) is 3.13. The van der Waals surface area contributed by atoms with Crippen molar-refractivity contribution in [1.82, 2.24) is 5.32 Å². The highest BCUT2D eigenvalue weighted by Crippen LogP contribution is 2.35. The zero-order valence-corrected chi connectivity index (χ0v) is 18.0. The lowest BCUT2D eigenvalue weighted by molar-refractivity contribution is -0.143. The molecule has 0 radical (unpaired) electrons. The van der Waals surface area contributed by atoms with Crippen molar-refractivity contribution < 1.29 is 28.5 Å². The van der Waals surface area contributed by atoms with Gasteiger partial charge in [0.25, 0.3) is 5.91 Å². The van der Waals surface area contributed by atoms with Gasteiger partial charge in [-0.25, -0.2) is 4.79 Å². The van der Waals surface area contributed by atoms with Gasteiger partial charge >= 0.3 is 5.97 Å². The summed E-state index contributed by atoms with van der Waals surface area (Å²) in [5.41, 5.74) is 2.64. The molecule has 7 heteroatoms. The fourth-order valence-electron chi connectivity index (χ4n) is 3.30. The smallest absolute Gasteiger partial charge is 0.331 e. The maximum atomic E-state index is 12.1. The van der Waals surface area contributed by atoms with E-state index in [1.165, 1.54) is 6.08 Å². The summed E-state index contributed by atoms with van der Waals surface area (Å²) < 4.78 is 21.8. The van der Waals surface area contributed by atoms with Crippen LogP contribution in [0.5, 0.6) is 17.2 Å². The zero-order chi connectivity index (χ0) is 22.2. The molecule has 1 atom stereocenters. The second-order valence-electron chi connectivity index (χ2n) is 7.09. The number of fused-ring (bicyclic) bond motifs is 1. The molecule has 31 heavy (non-hydrogen) atoms. The molecule has 1 aliphatic heterocycles. The molecule has 0 bridgehead atoms. The van der Waals surface area contributed by atoms with Crippen molar-refractivity contribution in [3.05, 3.63) is 59.2 Å². The number of esters is 1. The van der Waals surface area contributed by atoms with Crippen LogP contribution in [0.1, 0.15) is 30.5 Å². The van der Waals surface area contributed by atoms with E-state index in [0.717, 1.165) is 23.3 Å². The number of carbonyl (C=O) groups excluding carboxylic acids is 2. The third kappa shape index (κ3) is 6.01. The number of methoxy groups -OCH3 is 1. The van der Waals surface area contributed by atoms with Crippen molar-refractivity contribution in [2.75, 3.05) is 20.3 Å². The molecule has 0 spiro atoms. The van der Waals surface area contributed by atoms with Crippen molar-refractivity contribution in [3.63, 3.8) is 0 Å². The van der Waals surface area contributed by atoms with Crippen LogP contribution in [-0.4, -0.2) is 38.3 Å². The molecule has 1 N–H and O–H groups in total. The molecule has 0 saturated heterocycles. The number of amides is 1. The summed E-state index contributed by atoms with van der Waals surface area (Å²) in [6.07, 6.45) is 3.82. The van der Waals surface area contributed by atoms with E-state index in [9.17, 15) is 9.59 Å². The number of carbonyl (C=O) groups is 2. The first-order valence-corrected chi connectivity index (χ1v) is 10.2. The molecule has 1 heterocycles. The average molecular weight is 425 g/mol. The lowest BCUT2D eigenvalue weighted by Crippen LogP contribution is -2.28. The normalized spacial score (nSPS) is 14.6. The van der Waals surface area contributed by atoms with Crippen molar-refractivity contribution >= 4 is 18.0 Å². The number of ether oxygens (including phenoxy) is 4. The van der Waals surface area contributed by atoms with Gasteiger partial charge in [-0.05, 0) is 38.1 Å². The van der Waals surface area contributed by atoms with E-state index in [2.05, 4.69) is 5.32 Å². The second-order valence-corrected chi connectivity index (χ2v) is 7.09. The molecular weight excluding hydrogens is 398 g/mol. The van der Waals surface area contributed by atoms with Crippen molar-refractivity contribution in [1.29, 1.82) is 0 Å². The van der Waals surface area contributed by atoms with Gasteiger partial charge in [0.05, 0.1) is 13.7 Å². The first-order valence-electron chi connectivity index (χ1n) is 10.2. The Morgan fingerprint density at radius 2 is 2.03 bits per heavy atom. The second kappa shape index (κ2) is 10.5. The molecule has 0 aromatic heterocycles. The van der Waals surface area contributed by atoms with Gasteiger partial charge in [-0.15, -0.1) is 0 Å². The van der Waals surface area contributed by atoms with Gasteiger partial charge in [-0.3, -0.25) is 4.79 Å². The molecule has 1 amide bonds. The SMILES string of the molecule is CCOc1cc2c(cc1/C=C/C(=O)OCC(=O)NCc1ccccc1OC)O[C@@H](C)C2. The van der Waals surface area contributed by atoms with Gasteiger partial charge < -0.3 is 24.3 Å². The summed E-state index contributed by atoms with van der Waals surface area (Å²) >= 11 is 0. The first-order chi connectivity index (χ1) is 15.0. The third-order valence-electron chi connectivity index (χ3n) is 4.74. The van der Waals surface area contributed by atoms with Gasteiger partial charge in [0.1, 0.15) is 23.4 Å². The Kier molecular flexibility index (Phi) is 7.54. The Labute approximate surface area is 181 Å². The van der Waals surface area contributed by atoms with Crippen LogP contribution in [0, 0.1) is 0 Å². The Morgan fingerprint density at radius 1 is 1.23 bits per heavy atom. The van der Waals surface area contributed by atoms with E-state index >= 15 is 0 Å². The van der Waals surface area contributed by atoms with E-state index in [1.807, 2.05) is 50.2 Å². The Balaban J connectivity index is 1.53. The summed E-state index contributed by atoms with van der Waals surface area (Å²) in [4.78, 5) is 24.1. The summed E-state index contributed by atoms with van der Waals surface area (Å²) in [5, 5.41) is 2.70. The Hall–Kier alpha value is -3.48. The standard InChI is InChI=1S/C24H27NO6/c1-4-29-21-13-19-11-16(2)31-22(19)12-17(21)9-10-24(27)30-15-23(26)25-14-18-7-5-6-8-20(18)28-3/h5-10,12-13,16H,4,11,14-15H2,1-3H3,(H,25,26)/b10-9+/t16-/m0/s1. The molecule has 2 aromatic rings. The topological polar surface area (TPSA) is 83.1 Å². The van der Waals surface area contributed by atoms with Gasteiger partial charge in [-0.2, -0.15) is 0 Å². The molecule has 2 aromatic carbocycles. The van der Waals surface area contributed by atoms with Crippen LogP contribution in [0.15, 0.2) is 42.5 Å². The Bertz CT molecular complexity index is 969. The summed E-state index contributed by atoms with van der Waals surface area (Å²) in [5.74, 6) is 1.13. The molecule has 0 fully saturated rings. The predicted octanol–water partition coefficient (Wildman–Crippen LogP) is 3.29. The number of rotatable bonds is 9. The van der Waals surface area contributed by atoms with Crippen LogP contribution >= 0.6 is 0 Å². The van der Waals surface area contributed by atoms with E-state index < -0.39 is 11.9 Å². The molecule has 0 aliphatic carbocycles. The zero-order valence-electron chi connectivity index (χ0n) is 18.0. The van der Waals surface area contributed by atoms with Gasteiger partial charge in [-0.1, -0.05) is 18.2 Å². The third-order valence-corrected chi connectivity index (χ3v) is 4.74. The number of hydrogen-bond acceptors (Lipinski definition) is 6. The molecule has 0 saturated carbocycles. The van der Waals surface area contributed by atoms with Crippen LogP contribution in [0.3, 0.4) is 0 Å². The number of hydrogen-bond donors (Lipinski definition) is 1. The molecule has 0 unspecified atom stereocenters. The lowest BCUT2D eigenvalue weighted by atomic mass is 10.1. The lowest BCUT2D eigenvalue weighted by Gasteiger charge is -2.10. The minimum Gasteiger partial charge on any atom is -0.496 e. The highest BCUT2D eigenvalue weighted by molar-refractivity contribution is 5.89. The molecule has 164 valence electrons. The summed E-state index contributed by atoms with van der Waals surface area (Å²) in [7, 11) is 1.57. The Morgan fingerprint density at radius 3 is 2.81 bits per heavy atom. The minimum absolute atomic E-state index is 0.114. The molecule has 7 nitrogen and oxygen atoms in total. The van der Waals surface area contributed by atoms with Crippen LogP contribution in [0.4, 0.5) is 0 Å². The van der Waals surface area contributed by atoms with Crippen molar-refractivity contribution in [2.24, 2.45) is 0 Å². The monoisotopic (exact) mass is 425 g/mol. The van der Waals surface area contributed by atoms with E-state index in [4.69, 9.17) is 18.9 Å². The first kappa shape index (κ1) is 22.2. The van der Waals surface area contributed by atoms with Crippen molar-refractivity contribution in [3.8, 4) is 17.2 Å². The van der Waals surface area contributed by atoms with Crippen LogP contribution < -0.4 is 19.5 Å². The van der Waals surface area contributed by atoms with Crippen molar-refractivity contribution in [2.45, 2.75) is 32.9 Å². The highest BCUT2D eigenvalue weighted by atomic mass is 16.5. The predicted molar refractivity (Wildman–Crippen MR) is 116 cm³/mol. The van der Waals surface area contributed by atoms with E-state index in [1.54, 1.807) is 13.2 Å². The van der Waals surface area contributed by atoms with Gasteiger partial charge in [0, 0.05) is 35.7 Å². The molecule has 1 aliphatic rings. The number of nitrogens with one attached hydrogen (secondary N) is 1. The maximum Gasteiger partial charge on any atom is 0.331 e. The largest absolute Gasteiger partial charge is 0.496 e.